The van der Waals surface area contributed by atoms with Gasteiger partial charge in [-0.1, -0.05) is 12.1 Å². The molecule has 2 aromatic carbocycles. The number of halogens is 1. The first-order valence-electron chi connectivity index (χ1n) is 7.39. The molecule has 0 aliphatic heterocycles. The Morgan fingerprint density at radius 2 is 1.76 bits per heavy atom. The Morgan fingerprint density at radius 1 is 1.08 bits per heavy atom. The van der Waals surface area contributed by atoms with Crippen molar-refractivity contribution in [3.8, 4) is 0 Å². The molecule has 0 heterocycles. The SMILES string of the molecule is CC(=O)COC(=O)c1ccccc1SCC(=O)Nc1ccc(F)cc1. The van der Waals surface area contributed by atoms with Gasteiger partial charge in [0.15, 0.2) is 5.78 Å². The Labute approximate surface area is 148 Å². The van der Waals surface area contributed by atoms with Gasteiger partial charge in [-0.05, 0) is 43.3 Å². The third kappa shape index (κ3) is 6.04. The van der Waals surface area contributed by atoms with Gasteiger partial charge in [0.25, 0.3) is 0 Å². The van der Waals surface area contributed by atoms with Gasteiger partial charge < -0.3 is 10.1 Å². The summed E-state index contributed by atoms with van der Waals surface area (Å²) < 4.78 is 17.8. The van der Waals surface area contributed by atoms with Crippen LogP contribution in [-0.4, -0.2) is 30.0 Å². The number of ketones is 1. The van der Waals surface area contributed by atoms with Crippen molar-refractivity contribution in [2.75, 3.05) is 17.7 Å². The lowest BCUT2D eigenvalue weighted by atomic mass is 10.2. The van der Waals surface area contributed by atoms with Crippen LogP contribution in [0.3, 0.4) is 0 Å². The van der Waals surface area contributed by atoms with Crippen molar-refractivity contribution in [1.29, 1.82) is 0 Å². The van der Waals surface area contributed by atoms with Crippen LogP contribution in [0.1, 0.15) is 17.3 Å². The van der Waals surface area contributed by atoms with Crippen molar-refractivity contribution in [3.05, 3.63) is 59.9 Å². The molecule has 0 bridgehead atoms. The maximum Gasteiger partial charge on any atom is 0.339 e. The van der Waals surface area contributed by atoms with Crippen molar-refractivity contribution in [3.63, 3.8) is 0 Å². The molecule has 0 fully saturated rings. The van der Waals surface area contributed by atoms with E-state index in [-0.39, 0.29) is 29.9 Å². The summed E-state index contributed by atoms with van der Waals surface area (Å²) in [6, 6.07) is 12.1. The van der Waals surface area contributed by atoms with Crippen molar-refractivity contribution >= 4 is 35.1 Å². The average molecular weight is 361 g/mol. The molecule has 0 aliphatic carbocycles. The zero-order valence-corrected chi connectivity index (χ0v) is 14.3. The number of amides is 1. The summed E-state index contributed by atoms with van der Waals surface area (Å²) in [4.78, 5) is 35.5. The summed E-state index contributed by atoms with van der Waals surface area (Å²) >= 11 is 1.17. The number of hydrogen-bond acceptors (Lipinski definition) is 5. The van der Waals surface area contributed by atoms with Gasteiger partial charge in [-0.2, -0.15) is 0 Å². The first kappa shape index (κ1) is 18.7. The fourth-order valence-electron chi connectivity index (χ4n) is 1.88. The van der Waals surface area contributed by atoms with Crippen LogP contribution < -0.4 is 5.32 Å². The highest BCUT2D eigenvalue weighted by Crippen LogP contribution is 2.23. The summed E-state index contributed by atoms with van der Waals surface area (Å²) in [6.45, 7) is 1.04. The second-order valence-corrected chi connectivity index (χ2v) is 6.14. The van der Waals surface area contributed by atoms with Crippen molar-refractivity contribution in [2.24, 2.45) is 0 Å². The molecule has 7 heteroatoms. The highest BCUT2D eigenvalue weighted by Gasteiger charge is 2.14. The van der Waals surface area contributed by atoms with Gasteiger partial charge in [-0.25, -0.2) is 9.18 Å². The molecule has 0 atom stereocenters. The Kier molecular flexibility index (Phi) is 6.71. The minimum atomic E-state index is -0.614. The number of thioether (sulfide) groups is 1. The molecule has 0 radical (unpaired) electrons. The van der Waals surface area contributed by atoms with E-state index in [0.29, 0.717) is 16.1 Å². The van der Waals surface area contributed by atoms with E-state index in [4.69, 9.17) is 4.74 Å². The van der Waals surface area contributed by atoms with Gasteiger partial charge in [0.1, 0.15) is 12.4 Å². The van der Waals surface area contributed by atoms with Crippen LogP contribution in [0.4, 0.5) is 10.1 Å². The topological polar surface area (TPSA) is 72.5 Å². The lowest BCUT2D eigenvalue weighted by molar-refractivity contribution is -0.120. The second kappa shape index (κ2) is 8.98. The zero-order valence-electron chi connectivity index (χ0n) is 13.5. The summed E-state index contributed by atoms with van der Waals surface area (Å²) in [5.41, 5.74) is 0.782. The predicted molar refractivity (Wildman–Crippen MR) is 93.2 cm³/mol. The molecule has 130 valence electrons. The van der Waals surface area contributed by atoms with E-state index < -0.39 is 5.97 Å². The van der Waals surface area contributed by atoms with Crippen LogP contribution >= 0.6 is 11.8 Å². The number of carbonyl (C=O) groups excluding carboxylic acids is 3. The van der Waals surface area contributed by atoms with Crippen LogP contribution in [0.25, 0.3) is 0 Å². The Balaban J connectivity index is 1.95. The molecule has 1 N–H and O–H groups in total. The van der Waals surface area contributed by atoms with Gasteiger partial charge in [-0.3, -0.25) is 9.59 Å². The number of carbonyl (C=O) groups is 3. The Morgan fingerprint density at radius 3 is 2.44 bits per heavy atom. The highest BCUT2D eigenvalue weighted by atomic mass is 32.2. The van der Waals surface area contributed by atoms with E-state index in [1.807, 2.05) is 0 Å². The number of anilines is 1. The van der Waals surface area contributed by atoms with Crippen molar-refractivity contribution in [1.82, 2.24) is 0 Å². The number of nitrogens with one attached hydrogen (secondary N) is 1. The molecule has 2 rings (SSSR count). The van der Waals surface area contributed by atoms with Gasteiger partial charge in [0.2, 0.25) is 5.91 Å². The quantitative estimate of drug-likeness (QED) is 0.605. The fraction of sp³-hybridized carbons (Fsp3) is 0.167. The summed E-state index contributed by atoms with van der Waals surface area (Å²) in [7, 11) is 0. The molecule has 2 aromatic rings. The third-order valence-corrected chi connectivity index (χ3v) is 4.07. The number of rotatable bonds is 7. The van der Waals surface area contributed by atoms with Crippen LogP contribution in [-0.2, 0) is 14.3 Å². The first-order chi connectivity index (χ1) is 12.0. The first-order valence-corrected chi connectivity index (χ1v) is 8.38. The molecular formula is C18H16FNO4S. The molecule has 0 saturated heterocycles. The molecule has 25 heavy (non-hydrogen) atoms. The lowest BCUT2D eigenvalue weighted by Gasteiger charge is -2.09. The normalized spacial score (nSPS) is 10.2. The van der Waals surface area contributed by atoms with Crippen LogP contribution in [0.5, 0.6) is 0 Å². The second-order valence-electron chi connectivity index (χ2n) is 5.12. The number of ether oxygens (including phenoxy) is 1. The van der Waals surface area contributed by atoms with Gasteiger partial charge in [-0.15, -0.1) is 11.8 Å². The molecular weight excluding hydrogens is 345 g/mol. The smallest absolute Gasteiger partial charge is 0.339 e. The minimum Gasteiger partial charge on any atom is -0.454 e. The molecule has 0 spiro atoms. The molecule has 0 aromatic heterocycles. The maximum atomic E-state index is 12.8. The Hall–Kier alpha value is -2.67. The van der Waals surface area contributed by atoms with Crippen LogP contribution in [0.2, 0.25) is 0 Å². The summed E-state index contributed by atoms with van der Waals surface area (Å²) in [5, 5.41) is 2.64. The number of esters is 1. The number of benzene rings is 2. The van der Waals surface area contributed by atoms with E-state index in [1.54, 1.807) is 24.3 Å². The van der Waals surface area contributed by atoms with Crippen LogP contribution in [0, 0.1) is 5.82 Å². The standard InChI is InChI=1S/C18H16FNO4S/c1-12(21)10-24-18(23)15-4-2-3-5-16(15)25-11-17(22)20-14-8-6-13(19)7-9-14/h2-9H,10-11H2,1H3,(H,20,22). The van der Waals surface area contributed by atoms with E-state index in [9.17, 15) is 18.8 Å². The van der Waals surface area contributed by atoms with E-state index in [1.165, 1.54) is 43.0 Å². The van der Waals surface area contributed by atoms with Gasteiger partial charge in [0.05, 0.1) is 11.3 Å². The lowest BCUT2D eigenvalue weighted by Crippen LogP contribution is -2.15. The van der Waals surface area contributed by atoms with Crippen molar-refractivity contribution in [2.45, 2.75) is 11.8 Å². The largest absolute Gasteiger partial charge is 0.454 e. The fourth-order valence-corrected chi connectivity index (χ4v) is 2.72. The van der Waals surface area contributed by atoms with Crippen LogP contribution in [0.15, 0.2) is 53.4 Å². The zero-order chi connectivity index (χ0) is 18.2. The summed E-state index contributed by atoms with van der Waals surface area (Å²) in [5.74, 6) is -1.47. The van der Waals surface area contributed by atoms with E-state index in [0.717, 1.165) is 0 Å². The maximum absolute atomic E-state index is 12.8. The summed E-state index contributed by atoms with van der Waals surface area (Å²) in [6.07, 6.45) is 0. The minimum absolute atomic E-state index is 0.0639. The average Bonchev–Trinajstić information content (AvgIpc) is 2.60. The molecule has 5 nitrogen and oxygen atoms in total. The monoisotopic (exact) mass is 361 g/mol. The molecule has 0 unspecified atom stereocenters. The highest BCUT2D eigenvalue weighted by molar-refractivity contribution is 8.00. The van der Waals surface area contributed by atoms with Gasteiger partial charge >= 0.3 is 5.97 Å². The Bertz CT molecular complexity index is 777. The molecule has 0 saturated carbocycles. The third-order valence-electron chi connectivity index (χ3n) is 3.00. The van der Waals surface area contributed by atoms with E-state index in [2.05, 4.69) is 5.32 Å². The number of hydrogen-bond donors (Lipinski definition) is 1. The van der Waals surface area contributed by atoms with E-state index >= 15 is 0 Å². The molecule has 0 aliphatic rings. The van der Waals surface area contributed by atoms with Crippen molar-refractivity contribution < 1.29 is 23.5 Å². The predicted octanol–water partition coefficient (Wildman–Crippen LogP) is 3.30. The van der Waals surface area contributed by atoms with Gasteiger partial charge in [0, 0.05) is 10.6 Å². The molecule has 1 amide bonds. The number of Topliss-reactive ketones (excluding diaryl/α,β-unsaturated/α-hetero) is 1.